The zero-order chi connectivity index (χ0) is 16.4. The van der Waals surface area contributed by atoms with Gasteiger partial charge in [0.2, 0.25) is 0 Å². The van der Waals surface area contributed by atoms with E-state index in [2.05, 4.69) is 15.5 Å². The molecule has 1 aliphatic heterocycles. The summed E-state index contributed by atoms with van der Waals surface area (Å²) in [6, 6.07) is 4.11. The summed E-state index contributed by atoms with van der Waals surface area (Å²) < 4.78 is 5.43. The molecule has 2 amide bonds. The zero-order valence-corrected chi connectivity index (χ0v) is 14.0. The Hall–Kier alpha value is -1.53. The number of hydrogen-bond donors (Lipinski definition) is 3. The second kappa shape index (κ2) is 6.53. The number of amides is 2. The quantitative estimate of drug-likeness (QED) is 0.743. The number of aryl methyl sites for hydroxylation is 1. The van der Waals surface area contributed by atoms with Gasteiger partial charge in [-0.25, -0.2) is 4.79 Å². The summed E-state index contributed by atoms with van der Waals surface area (Å²) in [7, 11) is 0. The summed E-state index contributed by atoms with van der Waals surface area (Å²) in [5.74, 6) is 1.74. The summed E-state index contributed by atoms with van der Waals surface area (Å²) in [6.07, 6.45) is 3.82. The fraction of sp³-hybridized carbons (Fsp3) is 0.706. The molecule has 0 spiro atoms. The van der Waals surface area contributed by atoms with E-state index in [4.69, 9.17) is 4.42 Å². The lowest BCUT2D eigenvalue weighted by atomic mass is 10.0. The Bertz CT molecular complexity index is 551. The second-order valence-corrected chi connectivity index (χ2v) is 7.13. The minimum Gasteiger partial charge on any atom is -0.463 e. The van der Waals surface area contributed by atoms with Gasteiger partial charge in [-0.2, -0.15) is 0 Å². The number of nitrogens with zero attached hydrogens (tertiary/aromatic N) is 1. The van der Waals surface area contributed by atoms with Crippen molar-refractivity contribution in [1.82, 2.24) is 15.5 Å². The number of carbonyl (C=O) groups is 1. The van der Waals surface area contributed by atoms with Crippen molar-refractivity contribution in [3.63, 3.8) is 0 Å². The third-order valence-electron chi connectivity index (χ3n) is 4.80. The number of hydrogen-bond acceptors (Lipinski definition) is 4. The molecule has 0 aromatic carbocycles. The van der Waals surface area contributed by atoms with Crippen molar-refractivity contribution in [1.29, 1.82) is 0 Å². The maximum absolute atomic E-state index is 11.9. The van der Waals surface area contributed by atoms with Crippen LogP contribution in [-0.2, 0) is 5.60 Å². The van der Waals surface area contributed by atoms with E-state index in [1.807, 2.05) is 6.92 Å². The molecule has 2 fully saturated rings. The van der Waals surface area contributed by atoms with E-state index < -0.39 is 5.60 Å². The molecule has 2 atom stereocenters. The van der Waals surface area contributed by atoms with E-state index in [1.165, 1.54) is 12.8 Å². The van der Waals surface area contributed by atoms with E-state index in [1.54, 1.807) is 19.1 Å². The van der Waals surface area contributed by atoms with Crippen molar-refractivity contribution in [2.45, 2.75) is 44.8 Å². The van der Waals surface area contributed by atoms with E-state index >= 15 is 0 Å². The lowest BCUT2D eigenvalue weighted by Crippen LogP contribution is -2.44. The molecule has 128 valence electrons. The highest BCUT2D eigenvalue weighted by atomic mass is 16.4. The van der Waals surface area contributed by atoms with Gasteiger partial charge in [-0.3, -0.25) is 0 Å². The van der Waals surface area contributed by atoms with Crippen LogP contribution in [0.5, 0.6) is 0 Å². The standard InChI is InChI=1S/C17H27N3O3/c1-12-3-6-15(23-12)17(2,22)11-19-16(21)18-9-13-7-8-20(10-13)14-4-5-14/h3,6,13-14,22H,4-5,7-11H2,1-2H3,(H2,18,19,21). The second-order valence-electron chi connectivity index (χ2n) is 7.13. The van der Waals surface area contributed by atoms with Gasteiger partial charge in [0.15, 0.2) is 0 Å². The molecule has 6 heteroatoms. The van der Waals surface area contributed by atoms with Crippen LogP contribution >= 0.6 is 0 Å². The Balaban J connectivity index is 1.37. The molecule has 1 aromatic rings. The topological polar surface area (TPSA) is 77.7 Å². The van der Waals surface area contributed by atoms with Gasteiger partial charge < -0.3 is 25.1 Å². The Kier molecular flexibility index (Phi) is 4.64. The highest BCUT2D eigenvalue weighted by Gasteiger charge is 2.34. The van der Waals surface area contributed by atoms with Crippen molar-refractivity contribution < 1.29 is 14.3 Å². The number of furan rings is 1. The predicted octanol–water partition coefficient (Wildman–Crippen LogP) is 1.58. The number of carbonyl (C=O) groups excluding carboxylic acids is 1. The van der Waals surface area contributed by atoms with E-state index in [0.29, 0.717) is 18.2 Å². The van der Waals surface area contributed by atoms with Gasteiger partial charge in [-0.05, 0) is 57.7 Å². The highest BCUT2D eigenvalue weighted by molar-refractivity contribution is 5.73. The molecule has 2 unspecified atom stereocenters. The summed E-state index contributed by atoms with van der Waals surface area (Å²) in [6.45, 7) is 6.52. The molecule has 1 saturated heterocycles. The maximum Gasteiger partial charge on any atom is 0.314 e. The number of aliphatic hydroxyl groups is 1. The molecule has 1 aliphatic carbocycles. The largest absolute Gasteiger partial charge is 0.463 e. The predicted molar refractivity (Wildman–Crippen MR) is 87.1 cm³/mol. The number of likely N-dealkylation sites (tertiary alicyclic amines) is 1. The smallest absolute Gasteiger partial charge is 0.314 e. The molecule has 0 radical (unpaired) electrons. The van der Waals surface area contributed by atoms with Crippen molar-refractivity contribution in [3.05, 3.63) is 23.7 Å². The first kappa shape index (κ1) is 16.3. The number of nitrogens with one attached hydrogen (secondary N) is 2. The molecule has 1 saturated carbocycles. The Morgan fingerprint density at radius 3 is 2.83 bits per heavy atom. The average molecular weight is 321 g/mol. The maximum atomic E-state index is 11.9. The molecule has 2 aliphatic rings. The molecular formula is C17H27N3O3. The van der Waals surface area contributed by atoms with Crippen LogP contribution in [0.4, 0.5) is 4.79 Å². The molecule has 3 rings (SSSR count). The van der Waals surface area contributed by atoms with E-state index in [9.17, 15) is 9.90 Å². The first-order chi connectivity index (χ1) is 10.9. The molecule has 1 aromatic heterocycles. The lowest BCUT2D eigenvalue weighted by molar-refractivity contribution is 0.0359. The first-order valence-corrected chi connectivity index (χ1v) is 8.49. The van der Waals surface area contributed by atoms with Gasteiger partial charge in [-0.15, -0.1) is 0 Å². The molecule has 23 heavy (non-hydrogen) atoms. The van der Waals surface area contributed by atoms with Crippen molar-refractivity contribution in [2.24, 2.45) is 5.92 Å². The summed E-state index contributed by atoms with van der Waals surface area (Å²) >= 11 is 0. The normalized spacial score (nSPS) is 24.4. The lowest BCUT2D eigenvalue weighted by Gasteiger charge is -2.22. The number of rotatable bonds is 6. The van der Waals surface area contributed by atoms with Crippen molar-refractivity contribution >= 4 is 6.03 Å². The third kappa shape index (κ3) is 4.26. The molecular weight excluding hydrogens is 294 g/mol. The molecule has 2 heterocycles. The van der Waals surface area contributed by atoms with Gasteiger partial charge >= 0.3 is 6.03 Å². The van der Waals surface area contributed by atoms with Crippen LogP contribution < -0.4 is 10.6 Å². The minimum absolute atomic E-state index is 0.116. The Morgan fingerprint density at radius 2 is 2.17 bits per heavy atom. The van der Waals surface area contributed by atoms with Crippen LogP contribution in [0.2, 0.25) is 0 Å². The van der Waals surface area contributed by atoms with Crippen molar-refractivity contribution in [3.8, 4) is 0 Å². The van der Waals surface area contributed by atoms with Gasteiger partial charge in [0.1, 0.15) is 17.1 Å². The fourth-order valence-corrected chi connectivity index (χ4v) is 3.16. The van der Waals surface area contributed by atoms with Crippen LogP contribution in [-0.4, -0.2) is 48.3 Å². The summed E-state index contributed by atoms with van der Waals surface area (Å²) in [5.41, 5.74) is -1.21. The minimum atomic E-state index is -1.21. The van der Waals surface area contributed by atoms with Crippen LogP contribution in [0.25, 0.3) is 0 Å². The highest BCUT2D eigenvalue weighted by Crippen LogP contribution is 2.31. The molecule has 0 bridgehead atoms. The molecule has 3 N–H and O–H groups in total. The van der Waals surface area contributed by atoms with Crippen LogP contribution in [0, 0.1) is 12.8 Å². The summed E-state index contributed by atoms with van der Waals surface area (Å²) in [5, 5.41) is 16.0. The Morgan fingerprint density at radius 1 is 1.39 bits per heavy atom. The van der Waals surface area contributed by atoms with Crippen molar-refractivity contribution in [2.75, 3.05) is 26.2 Å². The average Bonchev–Trinajstić information content (AvgIpc) is 3.08. The first-order valence-electron chi connectivity index (χ1n) is 8.49. The van der Waals surface area contributed by atoms with E-state index in [0.717, 1.165) is 31.3 Å². The van der Waals surface area contributed by atoms with Gasteiger partial charge in [0, 0.05) is 19.1 Å². The monoisotopic (exact) mass is 321 g/mol. The third-order valence-corrected chi connectivity index (χ3v) is 4.80. The van der Waals surface area contributed by atoms with Crippen LogP contribution in [0.1, 0.15) is 37.7 Å². The molecule has 6 nitrogen and oxygen atoms in total. The van der Waals surface area contributed by atoms with Gasteiger partial charge in [0.05, 0.1) is 6.54 Å². The SMILES string of the molecule is Cc1ccc(C(C)(O)CNC(=O)NCC2CCN(C3CC3)C2)o1. The van der Waals surface area contributed by atoms with Gasteiger partial charge in [-0.1, -0.05) is 0 Å². The Labute approximate surface area is 137 Å². The fourth-order valence-electron chi connectivity index (χ4n) is 3.16. The van der Waals surface area contributed by atoms with E-state index in [-0.39, 0.29) is 12.6 Å². The number of urea groups is 1. The van der Waals surface area contributed by atoms with Crippen LogP contribution in [0.15, 0.2) is 16.5 Å². The summed E-state index contributed by atoms with van der Waals surface area (Å²) in [4.78, 5) is 14.5. The zero-order valence-electron chi connectivity index (χ0n) is 14.0. The van der Waals surface area contributed by atoms with Gasteiger partial charge in [0.25, 0.3) is 0 Å². The van der Waals surface area contributed by atoms with Crippen LogP contribution in [0.3, 0.4) is 0 Å².